The molecule has 0 spiro atoms. The van der Waals surface area contributed by atoms with Crippen LogP contribution in [0.5, 0.6) is 0 Å². The summed E-state index contributed by atoms with van der Waals surface area (Å²) in [6, 6.07) is 8.80. The van der Waals surface area contributed by atoms with Crippen molar-refractivity contribution in [2.75, 3.05) is 6.54 Å². The van der Waals surface area contributed by atoms with E-state index in [1.54, 1.807) is 0 Å². The maximum Gasteiger partial charge on any atom is 0.410 e. The summed E-state index contributed by atoms with van der Waals surface area (Å²) in [5.41, 5.74) is 0.909. The minimum atomic E-state index is -0.489. The normalized spacial score (nSPS) is 28.4. The Balaban J connectivity index is 1.60. The van der Waals surface area contributed by atoms with E-state index >= 15 is 0 Å². The van der Waals surface area contributed by atoms with Gasteiger partial charge in [0.05, 0.1) is 11.4 Å². The largest absolute Gasteiger partial charge is 0.445 e. The lowest BCUT2D eigenvalue weighted by Crippen LogP contribution is -2.66. The van der Waals surface area contributed by atoms with Crippen molar-refractivity contribution in [1.29, 1.82) is 0 Å². The van der Waals surface area contributed by atoms with Crippen molar-refractivity contribution >= 4 is 23.6 Å². The number of likely N-dealkylation sites (tertiary alicyclic amines) is 1. The summed E-state index contributed by atoms with van der Waals surface area (Å²) in [6.07, 6.45) is -0.489. The van der Waals surface area contributed by atoms with Crippen LogP contribution in [-0.2, 0) is 16.1 Å². The maximum atomic E-state index is 12.0. The third-order valence-electron chi connectivity index (χ3n) is 3.45. The van der Waals surface area contributed by atoms with Gasteiger partial charge in [-0.1, -0.05) is 30.3 Å². The van der Waals surface area contributed by atoms with Gasteiger partial charge in [-0.2, -0.15) is 0 Å². The average molecular weight is 281 g/mol. The number of carbonyl (C=O) groups is 2. The predicted octanol–water partition coefficient (Wildman–Crippen LogP) is 1.11. The van der Waals surface area contributed by atoms with E-state index in [1.807, 2.05) is 30.3 Å². The number of fused-ring (bicyclic) bond motifs is 1. The molecule has 1 N–H and O–H groups in total. The van der Waals surface area contributed by atoms with Crippen LogP contribution in [0.2, 0.25) is 0 Å². The highest BCUT2D eigenvalue weighted by Gasteiger charge is 2.55. The van der Waals surface area contributed by atoms with E-state index < -0.39 is 12.1 Å². The first-order chi connectivity index (χ1) is 9.16. The molecule has 0 aromatic heterocycles. The summed E-state index contributed by atoms with van der Waals surface area (Å²) in [6.45, 7) is 0.533. The van der Waals surface area contributed by atoms with Gasteiger partial charge in [0, 0.05) is 6.54 Å². The molecule has 0 bridgehead atoms. The lowest BCUT2D eigenvalue weighted by atomic mass is 10.0. The molecule has 2 saturated heterocycles. The molecule has 6 heteroatoms. The van der Waals surface area contributed by atoms with Crippen molar-refractivity contribution in [2.24, 2.45) is 0 Å². The second kappa shape index (κ2) is 4.74. The number of alkyl halides is 1. The molecule has 2 aliphatic heterocycles. The monoisotopic (exact) mass is 280 g/mol. The standard InChI is InChI=1S/C13H13ClN2O3/c14-9-6-16(11-10(9)15-12(11)17)13(18)19-7-8-4-2-1-3-5-8/h1-5,9-11H,6-7H2,(H,15,17). The van der Waals surface area contributed by atoms with Gasteiger partial charge in [-0.05, 0) is 5.56 Å². The van der Waals surface area contributed by atoms with Gasteiger partial charge in [0.1, 0.15) is 12.6 Å². The number of β-lactam (4-membered cyclic amide) rings is 1. The van der Waals surface area contributed by atoms with E-state index in [0.29, 0.717) is 6.54 Å². The zero-order valence-electron chi connectivity index (χ0n) is 10.1. The molecular weight excluding hydrogens is 268 g/mol. The summed E-state index contributed by atoms with van der Waals surface area (Å²) < 4.78 is 5.21. The van der Waals surface area contributed by atoms with Crippen molar-refractivity contribution in [1.82, 2.24) is 10.2 Å². The van der Waals surface area contributed by atoms with Gasteiger partial charge >= 0.3 is 6.09 Å². The third-order valence-corrected chi connectivity index (χ3v) is 3.86. The van der Waals surface area contributed by atoms with Gasteiger partial charge in [0.15, 0.2) is 0 Å². The van der Waals surface area contributed by atoms with Crippen LogP contribution in [0.15, 0.2) is 30.3 Å². The fourth-order valence-electron chi connectivity index (χ4n) is 2.42. The van der Waals surface area contributed by atoms with Gasteiger partial charge in [0.25, 0.3) is 0 Å². The molecule has 1 aromatic carbocycles. The lowest BCUT2D eigenvalue weighted by Gasteiger charge is -2.35. The molecule has 3 rings (SSSR count). The molecule has 5 nitrogen and oxygen atoms in total. The van der Waals surface area contributed by atoms with Gasteiger partial charge in [0.2, 0.25) is 5.91 Å². The van der Waals surface area contributed by atoms with Gasteiger partial charge in [-0.3, -0.25) is 9.69 Å². The Hall–Kier alpha value is -1.75. The predicted molar refractivity (Wildman–Crippen MR) is 68.7 cm³/mol. The molecule has 2 aliphatic rings. The van der Waals surface area contributed by atoms with Gasteiger partial charge < -0.3 is 10.1 Å². The smallest absolute Gasteiger partial charge is 0.410 e. The van der Waals surface area contributed by atoms with Crippen molar-refractivity contribution in [3.8, 4) is 0 Å². The molecule has 0 radical (unpaired) electrons. The number of ether oxygens (including phenoxy) is 1. The molecule has 2 fully saturated rings. The van der Waals surface area contributed by atoms with Gasteiger partial charge in [-0.25, -0.2) is 4.79 Å². The number of hydrogen-bond acceptors (Lipinski definition) is 3. The Bertz CT molecular complexity index is 508. The minimum absolute atomic E-state index is 0.140. The highest BCUT2D eigenvalue weighted by molar-refractivity contribution is 6.23. The highest BCUT2D eigenvalue weighted by atomic mass is 35.5. The van der Waals surface area contributed by atoms with Crippen LogP contribution in [0.25, 0.3) is 0 Å². The van der Waals surface area contributed by atoms with Crippen LogP contribution in [0.3, 0.4) is 0 Å². The summed E-state index contributed by atoms with van der Waals surface area (Å²) in [7, 11) is 0. The van der Waals surface area contributed by atoms with Crippen LogP contribution in [0.4, 0.5) is 4.79 Å². The zero-order chi connectivity index (χ0) is 13.4. The fourth-order valence-corrected chi connectivity index (χ4v) is 2.77. The highest BCUT2D eigenvalue weighted by Crippen LogP contribution is 2.29. The van der Waals surface area contributed by atoms with Crippen LogP contribution in [0, 0.1) is 0 Å². The van der Waals surface area contributed by atoms with Crippen molar-refractivity contribution in [3.63, 3.8) is 0 Å². The molecular formula is C13H13ClN2O3. The van der Waals surface area contributed by atoms with E-state index in [0.717, 1.165) is 5.56 Å². The quantitative estimate of drug-likeness (QED) is 0.652. The van der Waals surface area contributed by atoms with E-state index in [4.69, 9.17) is 16.3 Å². The van der Waals surface area contributed by atoms with Crippen molar-refractivity contribution in [2.45, 2.75) is 24.1 Å². The second-order valence-corrected chi connectivity index (χ2v) is 5.25. The molecule has 2 heterocycles. The third kappa shape index (κ3) is 2.14. The second-order valence-electron chi connectivity index (χ2n) is 4.69. The fraction of sp³-hybridized carbons (Fsp3) is 0.385. The molecule has 3 atom stereocenters. The number of nitrogens with one attached hydrogen (secondary N) is 1. The van der Waals surface area contributed by atoms with E-state index in [9.17, 15) is 9.59 Å². The lowest BCUT2D eigenvalue weighted by molar-refractivity contribution is -0.133. The minimum Gasteiger partial charge on any atom is -0.445 e. The van der Waals surface area contributed by atoms with Crippen LogP contribution in [-0.4, -0.2) is 40.9 Å². The van der Waals surface area contributed by atoms with Crippen molar-refractivity contribution in [3.05, 3.63) is 35.9 Å². The van der Waals surface area contributed by atoms with Crippen LogP contribution < -0.4 is 5.32 Å². The Morgan fingerprint density at radius 2 is 2.16 bits per heavy atom. The first-order valence-electron chi connectivity index (χ1n) is 6.08. The van der Waals surface area contributed by atoms with E-state index in [-0.39, 0.29) is 23.9 Å². The van der Waals surface area contributed by atoms with Crippen LogP contribution >= 0.6 is 11.6 Å². The Kier molecular flexibility index (Phi) is 3.06. The molecule has 3 unspecified atom stereocenters. The Morgan fingerprint density at radius 1 is 1.42 bits per heavy atom. The number of amides is 2. The number of carbonyl (C=O) groups excluding carboxylic acids is 2. The SMILES string of the molecule is O=C1NC2C(Cl)CN(C(=O)OCc3ccccc3)C12. The van der Waals surface area contributed by atoms with Crippen molar-refractivity contribution < 1.29 is 14.3 Å². The first-order valence-corrected chi connectivity index (χ1v) is 6.52. The number of halogens is 1. The zero-order valence-corrected chi connectivity index (χ0v) is 10.8. The molecule has 1 aromatic rings. The summed E-state index contributed by atoms with van der Waals surface area (Å²) in [5, 5.41) is 2.45. The maximum absolute atomic E-state index is 12.0. The van der Waals surface area contributed by atoms with Gasteiger partial charge in [-0.15, -0.1) is 11.6 Å². The van der Waals surface area contributed by atoms with Crippen LogP contribution in [0.1, 0.15) is 5.56 Å². The molecule has 2 amide bonds. The number of benzene rings is 1. The topological polar surface area (TPSA) is 58.6 Å². The summed E-state index contributed by atoms with van der Waals surface area (Å²) in [4.78, 5) is 24.8. The Morgan fingerprint density at radius 3 is 2.84 bits per heavy atom. The summed E-state index contributed by atoms with van der Waals surface area (Å²) in [5.74, 6) is -0.162. The molecule has 0 saturated carbocycles. The number of nitrogens with zero attached hydrogens (tertiary/aromatic N) is 1. The Labute approximate surface area is 115 Å². The van der Waals surface area contributed by atoms with E-state index in [1.165, 1.54) is 4.90 Å². The number of hydrogen-bond donors (Lipinski definition) is 1. The summed E-state index contributed by atoms with van der Waals surface area (Å²) >= 11 is 6.07. The first kappa shape index (κ1) is 12.3. The molecule has 19 heavy (non-hydrogen) atoms. The molecule has 0 aliphatic carbocycles. The number of rotatable bonds is 2. The molecule has 100 valence electrons. The van der Waals surface area contributed by atoms with E-state index in [2.05, 4.69) is 5.32 Å². The average Bonchev–Trinajstić information content (AvgIpc) is 2.68.